The number of hydrogen-bond donors (Lipinski definition) is 2. The number of benzene rings is 2. The van der Waals surface area contributed by atoms with Gasteiger partial charge in [-0.2, -0.15) is 5.10 Å². The van der Waals surface area contributed by atoms with E-state index in [0.29, 0.717) is 27.1 Å². The molecule has 0 radical (unpaired) electrons. The first-order valence-corrected chi connectivity index (χ1v) is 8.69. The molecule has 9 heteroatoms. The van der Waals surface area contributed by atoms with E-state index in [2.05, 4.69) is 10.5 Å². The fourth-order valence-corrected chi connectivity index (χ4v) is 2.70. The number of rotatable bonds is 7. The molecule has 0 heterocycles. The Morgan fingerprint density at radius 3 is 2.69 bits per heavy atom. The molecule has 0 unspecified atom stereocenters. The molecule has 2 N–H and O–H groups in total. The standard InChI is InChI=1S/C17H16IN3O5/c1-2-26-15-8-12(7-14(18)17(15)23)10-19-20-16(22)9-11-3-5-13(6-4-11)21(24)25/h3-8,10,23H,2,9H2,1H3,(H,20,22)/b19-10-. The summed E-state index contributed by atoms with van der Waals surface area (Å²) in [4.78, 5) is 22.0. The molecule has 0 spiro atoms. The molecule has 2 aromatic rings. The number of phenols is 1. The molecule has 26 heavy (non-hydrogen) atoms. The zero-order valence-corrected chi connectivity index (χ0v) is 16.0. The predicted octanol–water partition coefficient (Wildman–Crippen LogP) is 3.00. The molecule has 0 saturated carbocycles. The van der Waals surface area contributed by atoms with E-state index in [1.54, 1.807) is 12.1 Å². The number of nitro groups is 1. The van der Waals surface area contributed by atoms with Crippen molar-refractivity contribution in [2.45, 2.75) is 13.3 Å². The Balaban J connectivity index is 1.97. The highest BCUT2D eigenvalue weighted by atomic mass is 127. The van der Waals surface area contributed by atoms with E-state index in [4.69, 9.17) is 4.74 Å². The predicted molar refractivity (Wildman–Crippen MR) is 105 cm³/mol. The van der Waals surface area contributed by atoms with E-state index in [1.165, 1.54) is 30.5 Å². The van der Waals surface area contributed by atoms with Crippen LogP contribution in [0.4, 0.5) is 5.69 Å². The van der Waals surface area contributed by atoms with Crippen molar-refractivity contribution in [2.24, 2.45) is 5.10 Å². The first-order valence-electron chi connectivity index (χ1n) is 7.61. The molecule has 0 fully saturated rings. The van der Waals surface area contributed by atoms with Gasteiger partial charge in [-0.25, -0.2) is 5.43 Å². The van der Waals surface area contributed by atoms with Gasteiger partial charge in [-0.15, -0.1) is 0 Å². The molecule has 2 rings (SSSR count). The van der Waals surface area contributed by atoms with E-state index in [-0.39, 0.29) is 23.8 Å². The van der Waals surface area contributed by atoms with Crippen LogP contribution in [0, 0.1) is 13.7 Å². The van der Waals surface area contributed by atoms with Gasteiger partial charge in [0.15, 0.2) is 11.5 Å². The highest BCUT2D eigenvalue weighted by Crippen LogP contribution is 2.32. The summed E-state index contributed by atoms with van der Waals surface area (Å²) < 4.78 is 5.94. The van der Waals surface area contributed by atoms with Gasteiger partial charge in [0.2, 0.25) is 5.91 Å². The number of halogens is 1. The Kier molecular flexibility index (Phi) is 6.89. The van der Waals surface area contributed by atoms with Crippen LogP contribution in [0.1, 0.15) is 18.1 Å². The van der Waals surface area contributed by atoms with Crippen molar-refractivity contribution in [1.82, 2.24) is 5.43 Å². The molecular formula is C17H16IN3O5. The Bertz CT molecular complexity index is 837. The summed E-state index contributed by atoms with van der Waals surface area (Å²) in [5, 5.41) is 24.4. The van der Waals surface area contributed by atoms with Crippen LogP contribution >= 0.6 is 22.6 Å². The van der Waals surface area contributed by atoms with Crippen LogP contribution in [-0.2, 0) is 11.2 Å². The normalized spacial score (nSPS) is 10.7. The maximum absolute atomic E-state index is 11.9. The lowest BCUT2D eigenvalue weighted by molar-refractivity contribution is -0.384. The molecule has 0 aliphatic heterocycles. The number of ether oxygens (including phenoxy) is 1. The number of nitrogens with one attached hydrogen (secondary N) is 1. The van der Waals surface area contributed by atoms with Gasteiger partial charge in [0.1, 0.15) is 0 Å². The van der Waals surface area contributed by atoms with E-state index >= 15 is 0 Å². The summed E-state index contributed by atoms with van der Waals surface area (Å²) >= 11 is 1.98. The van der Waals surface area contributed by atoms with Crippen LogP contribution in [0.3, 0.4) is 0 Å². The highest BCUT2D eigenvalue weighted by molar-refractivity contribution is 14.1. The van der Waals surface area contributed by atoms with Crippen LogP contribution in [0.2, 0.25) is 0 Å². The van der Waals surface area contributed by atoms with Gasteiger partial charge in [-0.1, -0.05) is 12.1 Å². The van der Waals surface area contributed by atoms with Crippen molar-refractivity contribution in [3.05, 3.63) is 61.2 Å². The van der Waals surface area contributed by atoms with Crippen molar-refractivity contribution in [3.8, 4) is 11.5 Å². The minimum atomic E-state index is -0.496. The molecule has 0 aliphatic carbocycles. The number of aromatic hydroxyl groups is 1. The lowest BCUT2D eigenvalue weighted by atomic mass is 10.1. The molecule has 136 valence electrons. The Morgan fingerprint density at radius 2 is 2.08 bits per heavy atom. The fourth-order valence-electron chi connectivity index (χ4n) is 2.07. The number of nitrogens with zero attached hydrogens (tertiary/aromatic N) is 2. The third kappa shape index (κ3) is 5.41. The lowest BCUT2D eigenvalue weighted by Gasteiger charge is -2.08. The summed E-state index contributed by atoms with van der Waals surface area (Å²) in [6, 6.07) is 9.06. The Hall–Kier alpha value is -2.69. The minimum absolute atomic E-state index is 0.0285. The number of hydrazone groups is 1. The zero-order valence-electron chi connectivity index (χ0n) is 13.8. The second-order valence-electron chi connectivity index (χ2n) is 5.18. The number of phenolic OH excluding ortho intramolecular Hbond substituents is 1. The maximum Gasteiger partial charge on any atom is 0.269 e. The van der Waals surface area contributed by atoms with Crippen LogP contribution < -0.4 is 10.2 Å². The largest absolute Gasteiger partial charge is 0.504 e. The first-order chi connectivity index (χ1) is 12.4. The minimum Gasteiger partial charge on any atom is -0.504 e. The van der Waals surface area contributed by atoms with Gasteiger partial charge in [0.25, 0.3) is 5.69 Å². The molecule has 8 nitrogen and oxygen atoms in total. The quantitative estimate of drug-likeness (QED) is 0.280. The number of non-ortho nitro benzene ring substituents is 1. The molecule has 0 saturated heterocycles. The summed E-state index contributed by atoms with van der Waals surface area (Å²) in [7, 11) is 0. The van der Waals surface area contributed by atoms with E-state index in [0.717, 1.165) is 0 Å². The van der Waals surface area contributed by atoms with Gasteiger partial charge in [-0.05, 0) is 52.8 Å². The molecule has 0 bridgehead atoms. The smallest absolute Gasteiger partial charge is 0.269 e. The van der Waals surface area contributed by atoms with E-state index in [9.17, 15) is 20.0 Å². The van der Waals surface area contributed by atoms with Gasteiger partial charge >= 0.3 is 0 Å². The average molecular weight is 469 g/mol. The van der Waals surface area contributed by atoms with Gasteiger partial charge in [-0.3, -0.25) is 14.9 Å². The van der Waals surface area contributed by atoms with Crippen molar-refractivity contribution in [2.75, 3.05) is 6.61 Å². The monoisotopic (exact) mass is 469 g/mol. The topological polar surface area (TPSA) is 114 Å². The van der Waals surface area contributed by atoms with Crippen LogP contribution in [0.15, 0.2) is 41.5 Å². The Labute approximate surface area is 163 Å². The number of hydrogen-bond acceptors (Lipinski definition) is 6. The van der Waals surface area contributed by atoms with Crippen molar-refractivity contribution in [1.29, 1.82) is 0 Å². The van der Waals surface area contributed by atoms with Crippen LogP contribution in [0.5, 0.6) is 11.5 Å². The summed E-state index contributed by atoms with van der Waals surface area (Å²) in [6.45, 7) is 2.22. The third-order valence-electron chi connectivity index (χ3n) is 3.27. The van der Waals surface area contributed by atoms with Gasteiger partial charge in [0, 0.05) is 12.1 Å². The Morgan fingerprint density at radius 1 is 1.38 bits per heavy atom. The summed E-state index contributed by atoms with van der Waals surface area (Å²) in [6.07, 6.45) is 1.49. The van der Waals surface area contributed by atoms with Crippen molar-refractivity contribution in [3.63, 3.8) is 0 Å². The van der Waals surface area contributed by atoms with Crippen molar-refractivity contribution < 1.29 is 19.6 Å². The number of amides is 1. The van der Waals surface area contributed by atoms with Crippen LogP contribution in [0.25, 0.3) is 0 Å². The van der Waals surface area contributed by atoms with Crippen molar-refractivity contribution >= 4 is 40.4 Å². The molecule has 0 atom stereocenters. The average Bonchev–Trinajstić information content (AvgIpc) is 2.60. The maximum atomic E-state index is 11.9. The molecule has 2 aromatic carbocycles. The fraction of sp³-hybridized carbons (Fsp3) is 0.176. The lowest BCUT2D eigenvalue weighted by Crippen LogP contribution is -2.19. The molecule has 1 amide bonds. The van der Waals surface area contributed by atoms with Gasteiger partial charge in [0.05, 0.1) is 27.7 Å². The van der Waals surface area contributed by atoms with Crippen LogP contribution in [-0.4, -0.2) is 28.8 Å². The number of nitro benzene ring substituents is 1. The highest BCUT2D eigenvalue weighted by Gasteiger charge is 2.09. The number of carbonyl (C=O) groups excluding carboxylic acids is 1. The third-order valence-corrected chi connectivity index (χ3v) is 4.09. The summed E-state index contributed by atoms with van der Waals surface area (Å²) in [5.74, 6) is 0.0541. The SMILES string of the molecule is CCOc1cc(/C=N\NC(=O)Cc2ccc([N+](=O)[O-])cc2)cc(I)c1O. The molecule has 0 aromatic heterocycles. The zero-order chi connectivity index (χ0) is 19.1. The summed E-state index contributed by atoms with van der Waals surface area (Å²) in [5.41, 5.74) is 3.66. The van der Waals surface area contributed by atoms with Gasteiger partial charge < -0.3 is 9.84 Å². The number of carbonyl (C=O) groups is 1. The molecule has 0 aliphatic rings. The van der Waals surface area contributed by atoms with E-state index < -0.39 is 4.92 Å². The van der Waals surface area contributed by atoms with E-state index in [1.807, 2.05) is 29.5 Å². The molecular weight excluding hydrogens is 453 g/mol. The second-order valence-corrected chi connectivity index (χ2v) is 6.34. The first kappa shape index (κ1) is 19.6. The second kappa shape index (κ2) is 9.13.